The van der Waals surface area contributed by atoms with E-state index in [1.807, 2.05) is 6.92 Å². The number of amides is 1. The number of aromatic nitrogens is 3. The van der Waals surface area contributed by atoms with Crippen molar-refractivity contribution >= 4 is 5.91 Å². The number of halogens is 2. The first kappa shape index (κ1) is 14.1. The average molecular weight is 280 g/mol. The van der Waals surface area contributed by atoms with Gasteiger partial charge >= 0.3 is 0 Å². The SMILES string of the molecule is CCc1nc(C(=O)N(C)Cc2ccc(F)c(F)c2)n[nH]1. The molecule has 20 heavy (non-hydrogen) atoms. The van der Waals surface area contributed by atoms with Gasteiger partial charge in [-0.1, -0.05) is 13.0 Å². The van der Waals surface area contributed by atoms with Crippen LogP contribution in [0.2, 0.25) is 0 Å². The summed E-state index contributed by atoms with van der Waals surface area (Å²) < 4.78 is 25.9. The molecule has 1 aromatic carbocycles. The fraction of sp³-hybridized carbons (Fsp3) is 0.308. The molecule has 0 unspecified atom stereocenters. The Morgan fingerprint density at radius 1 is 1.35 bits per heavy atom. The fourth-order valence-corrected chi connectivity index (χ4v) is 1.70. The van der Waals surface area contributed by atoms with Gasteiger partial charge in [-0.2, -0.15) is 0 Å². The van der Waals surface area contributed by atoms with Crippen LogP contribution < -0.4 is 0 Å². The number of hydrogen-bond acceptors (Lipinski definition) is 3. The first-order chi connectivity index (χ1) is 9.51. The molecule has 1 heterocycles. The zero-order valence-corrected chi connectivity index (χ0v) is 11.2. The lowest BCUT2D eigenvalue weighted by Gasteiger charge is -2.15. The van der Waals surface area contributed by atoms with Gasteiger partial charge in [0.05, 0.1) is 0 Å². The Labute approximate surface area is 114 Å². The summed E-state index contributed by atoms with van der Waals surface area (Å²) in [4.78, 5) is 17.4. The standard InChI is InChI=1S/C13H14F2N4O/c1-3-11-16-12(18-17-11)13(20)19(2)7-8-4-5-9(14)10(15)6-8/h4-6H,3,7H2,1-2H3,(H,16,17,18). The highest BCUT2D eigenvalue weighted by atomic mass is 19.2. The van der Waals surface area contributed by atoms with Crippen molar-refractivity contribution in [2.75, 3.05) is 7.05 Å². The predicted octanol–water partition coefficient (Wildman–Crippen LogP) is 1.92. The van der Waals surface area contributed by atoms with Gasteiger partial charge < -0.3 is 4.90 Å². The third-order valence-electron chi connectivity index (χ3n) is 2.81. The van der Waals surface area contributed by atoms with Crippen LogP contribution in [-0.2, 0) is 13.0 Å². The topological polar surface area (TPSA) is 61.9 Å². The molecule has 1 N–H and O–H groups in total. The highest BCUT2D eigenvalue weighted by Gasteiger charge is 2.17. The normalized spacial score (nSPS) is 10.6. The maximum atomic E-state index is 13.1. The summed E-state index contributed by atoms with van der Waals surface area (Å²) in [7, 11) is 1.55. The second-order valence-corrected chi connectivity index (χ2v) is 4.37. The minimum Gasteiger partial charge on any atom is -0.335 e. The van der Waals surface area contributed by atoms with E-state index in [2.05, 4.69) is 15.2 Å². The summed E-state index contributed by atoms with van der Waals surface area (Å²) in [5.41, 5.74) is 0.492. The molecule has 0 bridgehead atoms. The Morgan fingerprint density at radius 3 is 2.70 bits per heavy atom. The fourth-order valence-electron chi connectivity index (χ4n) is 1.70. The Morgan fingerprint density at radius 2 is 2.10 bits per heavy atom. The van der Waals surface area contributed by atoms with Crippen LogP contribution >= 0.6 is 0 Å². The van der Waals surface area contributed by atoms with Crippen molar-refractivity contribution in [2.45, 2.75) is 19.9 Å². The van der Waals surface area contributed by atoms with E-state index in [0.717, 1.165) is 12.1 Å². The van der Waals surface area contributed by atoms with Crippen molar-refractivity contribution in [3.05, 3.63) is 47.0 Å². The summed E-state index contributed by atoms with van der Waals surface area (Å²) in [5.74, 6) is -1.55. The van der Waals surface area contributed by atoms with Crippen LogP contribution in [0.1, 0.15) is 28.9 Å². The number of nitrogens with one attached hydrogen (secondary N) is 1. The van der Waals surface area contributed by atoms with E-state index in [1.165, 1.54) is 11.0 Å². The molecule has 0 saturated carbocycles. The molecular formula is C13H14F2N4O. The Bertz CT molecular complexity index is 627. The molecule has 7 heteroatoms. The number of aromatic amines is 1. The van der Waals surface area contributed by atoms with Crippen LogP contribution in [0.5, 0.6) is 0 Å². The number of benzene rings is 1. The number of H-pyrrole nitrogens is 1. The van der Waals surface area contributed by atoms with Crippen LogP contribution in [0.25, 0.3) is 0 Å². The van der Waals surface area contributed by atoms with Crippen molar-refractivity contribution in [3.8, 4) is 0 Å². The van der Waals surface area contributed by atoms with Gasteiger partial charge in [-0.15, -0.1) is 5.10 Å². The molecule has 0 aliphatic carbocycles. The van der Waals surface area contributed by atoms with Crippen LogP contribution in [0.15, 0.2) is 18.2 Å². The molecule has 5 nitrogen and oxygen atoms in total. The second kappa shape index (κ2) is 5.77. The minimum absolute atomic E-state index is 0.0620. The third-order valence-corrected chi connectivity index (χ3v) is 2.81. The Kier molecular flexibility index (Phi) is 4.07. The Hall–Kier alpha value is -2.31. The van der Waals surface area contributed by atoms with Gasteiger partial charge in [0.25, 0.3) is 5.91 Å². The van der Waals surface area contributed by atoms with E-state index >= 15 is 0 Å². The summed E-state index contributed by atoms with van der Waals surface area (Å²) in [6, 6.07) is 3.52. The van der Waals surface area contributed by atoms with E-state index in [0.29, 0.717) is 17.8 Å². The molecule has 0 aliphatic heterocycles. The zero-order valence-electron chi connectivity index (χ0n) is 11.2. The number of carbonyl (C=O) groups is 1. The quantitative estimate of drug-likeness (QED) is 0.930. The number of hydrogen-bond donors (Lipinski definition) is 1. The molecule has 0 fully saturated rings. The van der Waals surface area contributed by atoms with E-state index in [4.69, 9.17) is 0 Å². The maximum Gasteiger partial charge on any atom is 0.293 e. The van der Waals surface area contributed by atoms with Crippen molar-refractivity contribution in [3.63, 3.8) is 0 Å². The van der Waals surface area contributed by atoms with Crippen LogP contribution in [0.4, 0.5) is 8.78 Å². The highest BCUT2D eigenvalue weighted by molar-refractivity contribution is 5.90. The Balaban J connectivity index is 2.08. The maximum absolute atomic E-state index is 13.1. The first-order valence-electron chi connectivity index (χ1n) is 6.12. The van der Waals surface area contributed by atoms with Gasteiger partial charge in [-0.25, -0.2) is 13.8 Å². The van der Waals surface area contributed by atoms with Gasteiger partial charge in [0.1, 0.15) is 5.82 Å². The summed E-state index contributed by atoms with van der Waals surface area (Å²) >= 11 is 0. The molecular weight excluding hydrogens is 266 g/mol. The molecule has 106 valence electrons. The van der Waals surface area contributed by atoms with Gasteiger partial charge in [-0.3, -0.25) is 9.89 Å². The van der Waals surface area contributed by atoms with Gasteiger partial charge in [0.15, 0.2) is 11.6 Å². The molecule has 0 spiro atoms. The summed E-state index contributed by atoms with van der Waals surface area (Å²) in [5, 5.41) is 6.47. The third kappa shape index (κ3) is 2.98. The number of nitrogens with zero attached hydrogens (tertiary/aromatic N) is 3. The molecule has 1 amide bonds. The van der Waals surface area contributed by atoms with E-state index in [-0.39, 0.29) is 18.3 Å². The summed E-state index contributed by atoms with van der Waals surface area (Å²) in [6.45, 7) is 2.03. The molecule has 2 rings (SSSR count). The molecule has 1 aromatic heterocycles. The molecule has 0 aliphatic rings. The monoisotopic (exact) mass is 280 g/mol. The number of rotatable bonds is 4. The first-order valence-corrected chi connectivity index (χ1v) is 6.12. The molecule has 0 atom stereocenters. The number of carbonyl (C=O) groups excluding carboxylic acids is 1. The van der Waals surface area contributed by atoms with Crippen molar-refractivity contribution in [1.82, 2.24) is 20.1 Å². The van der Waals surface area contributed by atoms with Gasteiger partial charge in [0, 0.05) is 20.0 Å². The average Bonchev–Trinajstić information content (AvgIpc) is 2.91. The lowest BCUT2D eigenvalue weighted by atomic mass is 10.2. The lowest BCUT2D eigenvalue weighted by Crippen LogP contribution is -2.27. The smallest absolute Gasteiger partial charge is 0.293 e. The van der Waals surface area contributed by atoms with Crippen molar-refractivity contribution in [2.24, 2.45) is 0 Å². The molecule has 2 aromatic rings. The minimum atomic E-state index is -0.936. The van der Waals surface area contributed by atoms with E-state index in [1.54, 1.807) is 7.05 Å². The highest BCUT2D eigenvalue weighted by Crippen LogP contribution is 2.11. The second-order valence-electron chi connectivity index (χ2n) is 4.37. The number of aryl methyl sites for hydroxylation is 1. The summed E-state index contributed by atoms with van der Waals surface area (Å²) in [6.07, 6.45) is 0.646. The molecule has 0 saturated heterocycles. The predicted molar refractivity (Wildman–Crippen MR) is 67.9 cm³/mol. The molecule has 0 radical (unpaired) electrons. The van der Waals surface area contributed by atoms with Crippen molar-refractivity contribution < 1.29 is 13.6 Å². The largest absolute Gasteiger partial charge is 0.335 e. The van der Waals surface area contributed by atoms with E-state index < -0.39 is 11.6 Å². The van der Waals surface area contributed by atoms with E-state index in [9.17, 15) is 13.6 Å². The van der Waals surface area contributed by atoms with Gasteiger partial charge in [-0.05, 0) is 17.7 Å². The van der Waals surface area contributed by atoms with Crippen LogP contribution in [0.3, 0.4) is 0 Å². The van der Waals surface area contributed by atoms with Crippen LogP contribution in [0, 0.1) is 11.6 Å². The van der Waals surface area contributed by atoms with Crippen molar-refractivity contribution in [1.29, 1.82) is 0 Å². The van der Waals surface area contributed by atoms with Gasteiger partial charge in [0.2, 0.25) is 5.82 Å². The van der Waals surface area contributed by atoms with Crippen LogP contribution in [-0.4, -0.2) is 33.0 Å². The zero-order chi connectivity index (χ0) is 14.7. The lowest BCUT2D eigenvalue weighted by molar-refractivity contribution is 0.0773.